The highest BCUT2D eigenvalue weighted by molar-refractivity contribution is 5.96. The third-order valence-electron chi connectivity index (χ3n) is 1.90. The van der Waals surface area contributed by atoms with E-state index in [9.17, 15) is 4.79 Å². The molecule has 0 saturated carbocycles. The summed E-state index contributed by atoms with van der Waals surface area (Å²) in [7, 11) is 1.60. The molecular formula is C10H11N3O. The second-order valence-electron chi connectivity index (χ2n) is 2.85. The fourth-order valence-electron chi connectivity index (χ4n) is 1.11. The van der Waals surface area contributed by atoms with Gasteiger partial charge in [0.05, 0.1) is 17.4 Å². The normalized spacial score (nSPS) is 9.14. The molecule has 2 N–H and O–H groups in total. The highest BCUT2D eigenvalue weighted by atomic mass is 16.2. The number of para-hydroxylation sites is 2. The number of benzene rings is 1. The van der Waals surface area contributed by atoms with Crippen LogP contribution in [0.2, 0.25) is 0 Å². The summed E-state index contributed by atoms with van der Waals surface area (Å²) in [6.07, 6.45) is -0.134. The van der Waals surface area contributed by atoms with Crippen molar-refractivity contribution in [1.29, 1.82) is 5.26 Å². The van der Waals surface area contributed by atoms with Crippen molar-refractivity contribution < 1.29 is 4.79 Å². The van der Waals surface area contributed by atoms with Crippen LogP contribution in [0.5, 0.6) is 0 Å². The Kier molecular flexibility index (Phi) is 3.08. The molecule has 72 valence electrons. The molecule has 1 aromatic carbocycles. The number of nitrogen functional groups attached to an aromatic ring is 1. The molecule has 0 aliphatic carbocycles. The predicted molar refractivity (Wildman–Crippen MR) is 54.5 cm³/mol. The van der Waals surface area contributed by atoms with Crippen molar-refractivity contribution in [2.24, 2.45) is 0 Å². The van der Waals surface area contributed by atoms with E-state index in [1.807, 2.05) is 0 Å². The molecule has 4 nitrogen and oxygen atoms in total. The molecule has 0 radical (unpaired) electrons. The van der Waals surface area contributed by atoms with Gasteiger partial charge in [-0.1, -0.05) is 12.1 Å². The van der Waals surface area contributed by atoms with Gasteiger partial charge in [0.25, 0.3) is 0 Å². The van der Waals surface area contributed by atoms with Gasteiger partial charge in [-0.05, 0) is 12.1 Å². The average molecular weight is 189 g/mol. The summed E-state index contributed by atoms with van der Waals surface area (Å²) in [6, 6.07) is 8.85. The lowest BCUT2D eigenvalue weighted by molar-refractivity contribution is -0.117. The van der Waals surface area contributed by atoms with Gasteiger partial charge in [-0.25, -0.2) is 0 Å². The van der Waals surface area contributed by atoms with Gasteiger partial charge in [0.1, 0.15) is 6.42 Å². The van der Waals surface area contributed by atoms with Crippen LogP contribution < -0.4 is 10.6 Å². The number of nitriles is 1. The van der Waals surface area contributed by atoms with Crippen molar-refractivity contribution in [3.63, 3.8) is 0 Å². The van der Waals surface area contributed by atoms with E-state index in [2.05, 4.69) is 0 Å². The smallest absolute Gasteiger partial charge is 0.241 e. The Morgan fingerprint density at radius 3 is 2.79 bits per heavy atom. The lowest BCUT2D eigenvalue weighted by Crippen LogP contribution is -2.26. The number of hydrogen-bond acceptors (Lipinski definition) is 3. The summed E-state index contributed by atoms with van der Waals surface area (Å²) in [6.45, 7) is 0. The molecule has 0 bridgehead atoms. The van der Waals surface area contributed by atoms with Crippen LogP contribution in [0.15, 0.2) is 24.3 Å². The van der Waals surface area contributed by atoms with Gasteiger partial charge in [-0.2, -0.15) is 5.26 Å². The number of nitrogens with zero attached hydrogens (tertiary/aromatic N) is 2. The molecule has 0 heterocycles. The van der Waals surface area contributed by atoms with Gasteiger partial charge in [-0.3, -0.25) is 4.79 Å². The minimum absolute atomic E-state index is 0.134. The van der Waals surface area contributed by atoms with Crippen LogP contribution in [0.3, 0.4) is 0 Å². The Balaban J connectivity index is 2.90. The number of anilines is 2. The maximum absolute atomic E-state index is 11.3. The Morgan fingerprint density at radius 1 is 1.57 bits per heavy atom. The van der Waals surface area contributed by atoms with Crippen LogP contribution in [0, 0.1) is 11.3 Å². The lowest BCUT2D eigenvalue weighted by atomic mass is 10.2. The summed E-state index contributed by atoms with van der Waals surface area (Å²) in [5.41, 5.74) is 6.84. The van der Waals surface area contributed by atoms with Gasteiger partial charge < -0.3 is 10.6 Å². The van der Waals surface area contributed by atoms with E-state index >= 15 is 0 Å². The Bertz CT molecular complexity index is 381. The molecule has 0 aromatic heterocycles. The van der Waals surface area contributed by atoms with Crippen molar-refractivity contribution in [2.75, 3.05) is 17.7 Å². The van der Waals surface area contributed by atoms with E-state index in [4.69, 9.17) is 11.0 Å². The maximum Gasteiger partial charge on any atom is 0.241 e. The van der Waals surface area contributed by atoms with E-state index < -0.39 is 0 Å². The molecule has 0 unspecified atom stereocenters. The number of carbonyl (C=O) groups is 1. The van der Waals surface area contributed by atoms with E-state index in [1.54, 1.807) is 37.4 Å². The molecular weight excluding hydrogens is 178 g/mol. The van der Waals surface area contributed by atoms with Crippen molar-refractivity contribution >= 4 is 17.3 Å². The minimum Gasteiger partial charge on any atom is -0.397 e. The average Bonchev–Trinajstić information content (AvgIpc) is 2.18. The van der Waals surface area contributed by atoms with E-state index in [1.165, 1.54) is 4.90 Å². The second-order valence-corrected chi connectivity index (χ2v) is 2.85. The van der Waals surface area contributed by atoms with E-state index in [0.29, 0.717) is 11.4 Å². The number of rotatable bonds is 2. The minimum atomic E-state index is -0.259. The fraction of sp³-hybridized carbons (Fsp3) is 0.200. The Morgan fingerprint density at radius 2 is 2.21 bits per heavy atom. The predicted octanol–water partition coefficient (Wildman–Crippen LogP) is 1.15. The van der Waals surface area contributed by atoms with Crippen LogP contribution >= 0.6 is 0 Å². The molecule has 0 fully saturated rings. The molecule has 1 amide bonds. The highest BCUT2D eigenvalue weighted by Crippen LogP contribution is 2.21. The van der Waals surface area contributed by atoms with Crippen LogP contribution in [0.4, 0.5) is 11.4 Å². The molecule has 0 aliphatic rings. The lowest BCUT2D eigenvalue weighted by Gasteiger charge is -2.17. The largest absolute Gasteiger partial charge is 0.397 e. The van der Waals surface area contributed by atoms with E-state index in [-0.39, 0.29) is 12.3 Å². The van der Waals surface area contributed by atoms with Gasteiger partial charge in [-0.15, -0.1) is 0 Å². The molecule has 14 heavy (non-hydrogen) atoms. The fourth-order valence-corrected chi connectivity index (χ4v) is 1.11. The van der Waals surface area contributed by atoms with Gasteiger partial charge >= 0.3 is 0 Å². The quantitative estimate of drug-likeness (QED) is 0.709. The van der Waals surface area contributed by atoms with Gasteiger partial charge in [0.15, 0.2) is 0 Å². The molecule has 1 aromatic rings. The Hall–Kier alpha value is -2.02. The standard InChI is InChI=1S/C10H11N3O/c1-13(10(14)6-7-11)9-5-3-2-4-8(9)12/h2-5H,6,12H2,1H3. The first kappa shape index (κ1) is 10.1. The summed E-state index contributed by atoms with van der Waals surface area (Å²) in [5, 5.41) is 8.37. The number of nitrogens with two attached hydrogens (primary N) is 1. The van der Waals surface area contributed by atoms with E-state index in [0.717, 1.165) is 0 Å². The first-order valence-electron chi connectivity index (χ1n) is 4.15. The first-order chi connectivity index (χ1) is 6.66. The third-order valence-corrected chi connectivity index (χ3v) is 1.90. The zero-order valence-corrected chi connectivity index (χ0v) is 7.90. The summed E-state index contributed by atoms with van der Waals surface area (Å²) in [4.78, 5) is 12.7. The van der Waals surface area contributed by atoms with Gasteiger partial charge in [0.2, 0.25) is 5.91 Å². The van der Waals surface area contributed by atoms with Crippen LogP contribution in [-0.2, 0) is 4.79 Å². The molecule has 4 heteroatoms. The summed E-state index contributed by atoms with van der Waals surface area (Å²) in [5.74, 6) is -0.259. The van der Waals surface area contributed by atoms with Gasteiger partial charge in [0, 0.05) is 7.05 Å². The molecule has 0 aliphatic heterocycles. The Labute approximate surface area is 82.5 Å². The van der Waals surface area contributed by atoms with Crippen LogP contribution in [0.1, 0.15) is 6.42 Å². The summed E-state index contributed by atoms with van der Waals surface area (Å²) >= 11 is 0. The summed E-state index contributed by atoms with van der Waals surface area (Å²) < 4.78 is 0. The molecule has 0 atom stereocenters. The number of hydrogen-bond donors (Lipinski definition) is 1. The van der Waals surface area contributed by atoms with Crippen molar-refractivity contribution in [2.45, 2.75) is 6.42 Å². The van der Waals surface area contributed by atoms with Crippen molar-refractivity contribution in [3.8, 4) is 6.07 Å². The molecule has 1 rings (SSSR count). The van der Waals surface area contributed by atoms with Crippen LogP contribution in [0.25, 0.3) is 0 Å². The molecule has 0 spiro atoms. The number of amides is 1. The third kappa shape index (κ3) is 2.02. The topological polar surface area (TPSA) is 70.1 Å². The van der Waals surface area contributed by atoms with Crippen molar-refractivity contribution in [1.82, 2.24) is 0 Å². The molecule has 0 saturated heterocycles. The SMILES string of the molecule is CN(C(=O)CC#N)c1ccccc1N. The zero-order valence-electron chi connectivity index (χ0n) is 7.90. The highest BCUT2D eigenvalue weighted by Gasteiger charge is 2.11. The van der Waals surface area contributed by atoms with Crippen molar-refractivity contribution in [3.05, 3.63) is 24.3 Å². The first-order valence-corrected chi connectivity index (χ1v) is 4.15. The maximum atomic E-state index is 11.3. The number of carbonyl (C=O) groups excluding carboxylic acids is 1. The van der Waals surface area contributed by atoms with Crippen LogP contribution in [-0.4, -0.2) is 13.0 Å². The monoisotopic (exact) mass is 189 g/mol. The second kappa shape index (κ2) is 4.28. The zero-order chi connectivity index (χ0) is 10.6.